The van der Waals surface area contributed by atoms with Crippen LogP contribution in [-0.4, -0.2) is 6.54 Å². The molecule has 2 N–H and O–H groups in total. The third-order valence-corrected chi connectivity index (χ3v) is 2.95. The second-order valence-corrected chi connectivity index (χ2v) is 4.55. The van der Waals surface area contributed by atoms with E-state index >= 15 is 0 Å². The van der Waals surface area contributed by atoms with E-state index in [4.69, 9.17) is 5.73 Å². The lowest BCUT2D eigenvalue weighted by Gasteiger charge is -2.21. The fourth-order valence-electron chi connectivity index (χ4n) is 1.98. The van der Waals surface area contributed by atoms with E-state index in [1.54, 1.807) is 12.1 Å². The Morgan fingerprint density at radius 2 is 1.65 bits per heavy atom. The Labute approximate surface area is 99.8 Å². The van der Waals surface area contributed by atoms with Gasteiger partial charge in [0.05, 0.1) is 5.56 Å². The molecule has 1 unspecified atom stereocenters. The van der Waals surface area contributed by atoms with Crippen LogP contribution < -0.4 is 5.73 Å². The Hall–Kier alpha value is -1.03. The summed E-state index contributed by atoms with van der Waals surface area (Å²) in [5, 5.41) is 0. The number of hydrogen-bond donors (Lipinski definition) is 1. The van der Waals surface area contributed by atoms with Crippen molar-refractivity contribution in [2.75, 3.05) is 6.54 Å². The number of rotatable bonds is 4. The topological polar surface area (TPSA) is 26.0 Å². The van der Waals surface area contributed by atoms with Gasteiger partial charge in [0.15, 0.2) is 0 Å². The predicted molar refractivity (Wildman–Crippen MR) is 62.7 cm³/mol. The lowest BCUT2D eigenvalue weighted by Crippen LogP contribution is -2.13. The summed E-state index contributed by atoms with van der Waals surface area (Å²) in [5.41, 5.74) is 5.85. The molecule has 0 radical (unpaired) electrons. The van der Waals surface area contributed by atoms with Crippen LogP contribution in [0, 0.1) is 5.92 Å². The van der Waals surface area contributed by atoms with Gasteiger partial charge in [-0.15, -0.1) is 0 Å². The van der Waals surface area contributed by atoms with E-state index in [0.29, 0.717) is 12.5 Å². The smallest absolute Gasteiger partial charge is 0.330 e. The van der Waals surface area contributed by atoms with Crippen LogP contribution in [0.25, 0.3) is 0 Å². The van der Waals surface area contributed by atoms with Gasteiger partial charge < -0.3 is 5.73 Å². The highest BCUT2D eigenvalue weighted by Gasteiger charge is 2.30. The van der Waals surface area contributed by atoms with E-state index < -0.39 is 11.7 Å². The van der Waals surface area contributed by atoms with Gasteiger partial charge in [-0.3, -0.25) is 0 Å². The van der Waals surface area contributed by atoms with Crippen LogP contribution in [-0.2, 0) is 6.18 Å². The normalized spacial score (nSPS) is 14.1. The Morgan fingerprint density at radius 1 is 1.12 bits per heavy atom. The van der Waals surface area contributed by atoms with Gasteiger partial charge in [-0.25, -0.2) is 0 Å². The first kappa shape index (κ1) is 14.0. The second-order valence-electron chi connectivity index (χ2n) is 4.55. The van der Waals surface area contributed by atoms with Gasteiger partial charge in [0.25, 0.3) is 0 Å². The first-order valence-corrected chi connectivity index (χ1v) is 5.73. The monoisotopic (exact) mass is 245 g/mol. The summed E-state index contributed by atoms with van der Waals surface area (Å²) in [6, 6.07) is 5.40. The Bertz CT molecular complexity index is 341. The van der Waals surface area contributed by atoms with Crippen LogP contribution in [0.15, 0.2) is 24.3 Å². The molecule has 0 saturated heterocycles. The van der Waals surface area contributed by atoms with Crippen molar-refractivity contribution in [2.45, 2.75) is 32.4 Å². The highest BCUT2D eigenvalue weighted by atomic mass is 19.4. The molecule has 0 aromatic heterocycles. The SMILES string of the molecule is CC(C)C(CCN)c1ccc(C(F)(F)F)cc1. The first-order valence-electron chi connectivity index (χ1n) is 5.73. The summed E-state index contributed by atoms with van der Waals surface area (Å²) in [7, 11) is 0. The molecule has 17 heavy (non-hydrogen) atoms. The molecule has 1 atom stereocenters. The van der Waals surface area contributed by atoms with Gasteiger partial charge >= 0.3 is 6.18 Å². The highest BCUT2D eigenvalue weighted by Crippen LogP contribution is 2.32. The van der Waals surface area contributed by atoms with Crippen molar-refractivity contribution in [2.24, 2.45) is 11.7 Å². The molecule has 1 rings (SSSR count). The van der Waals surface area contributed by atoms with Gasteiger partial charge in [-0.1, -0.05) is 26.0 Å². The van der Waals surface area contributed by atoms with Gasteiger partial charge in [0.2, 0.25) is 0 Å². The number of alkyl halides is 3. The molecule has 0 amide bonds. The summed E-state index contributed by atoms with van der Waals surface area (Å²) in [5.74, 6) is 0.595. The molecule has 0 aliphatic carbocycles. The molecule has 0 spiro atoms. The van der Waals surface area contributed by atoms with Crippen molar-refractivity contribution >= 4 is 0 Å². The van der Waals surface area contributed by atoms with Crippen LogP contribution in [0.5, 0.6) is 0 Å². The fourth-order valence-corrected chi connectivity index (χ4v) is 1.98. The van der Waals surface area contributed by atoms with E-state index in [0.717, 1.165) is 24.1 Å². The van der Waals surface area contributed by atoms with Crippen LogP contribution in [0.3, 0.4) is 0 Å². The minimum atomic E-state index is -4.26. The molecule has 0 heterocycles. The van der Waals surface area contributed by atoms with Crippen LogP contribution in [0.1, 0.15) is 37.3 Å². The zero-order chi connectivity index (χ0) is 13.1. The van der Waals surface area contributed by atoms with E-state index in [2.05, 4.69) is 13.8 Å². The van der Waals surface area contributed by atoms with Crippen LogP contribution >= 0.6 is 0 Å². The standard InChI is InChI=1S/C13H18F3N/c1-9(2)12(7-8-17)10-3-5-11(6-4-10)13(14,15)16/h3-6,9,12H,7-8,17H2,1-2H3. The minimum Gasteiger partial charge on any atom is -0.330 e. The average molecular weight is 245 g/mol. The molecular weight excluding hydrogens is 227 g/mol. The van der Waals surface area contributed by atoms with Gasteiger partial charge in [0, 0.05) is 0 Å². The summed E-state index contributed by atoms with van der Waals surface area (Å²) in [4.78, 5) is 0. The van der Waals surface area contributed by atoms with E-state index in [9.17, 15) is 13.2 Å². The molecule has 0 aliphatic rings. The fraction of sp³-hybridized carbons (Fsp3) is 0.538. The number of hydrogen-bond acceptors (Lipinski definition) is 1. The number of benzene rings is 1. The number of halogens is 3. The van der Waals surface area contributed by atoms with Gasteiger partial charge in [-0.05, 0) is 42.5 Å². The van der Waals surface area contributed by atoms with Crippen molar-refractivity contribution < 1.29 is 13.2 Å². The predicted octanol–water partition coefficient (Wildman–Crippen LogP) is 3.79. The lowest BCUT2D eigenvalue weighted by molar-refractivity contribution is -0.137. The molecule has 4 heteroatoms. The first-order chi connectivity index (χ1) is 7.86. The Balaban J connectivity index is 2.92. The molecule has 1 aromatic carbocycles. The quantitative estimate of drug-likeness (QED) is 0.858. The Morgan fingerprint density at radius 3 is 2.00 bits per heavy atom. The second kappa shape index (κ2) is 5.54. The minimum absolute atomic E-state index is 0.224. The summed E-state index contributed by atoms with van der Waals surface area (Å²) >= 11 is 0. The molecule has 0 fully saturated rings. The average Bonchev–Trinajstić information content (AvgIpc) is 2.24. The van der Waals surface area contributed by atoms with Crippen molar-refractivity contribution in [3.05, 3.63) is 35.4 Å². The molecule has 0 bridgehead atoms. The molecule has 1 nitrogen and oxygen atoms in total. The van der Waals surface area contributed by atoms with Crippen LogP contribution in [0.4, 0.5) is 13.2 Å². The van der Waals surface area contributed by atoms with Gasteiger partial charge in [-0.2, -0.15) is 13.2 Å². The molecule has 1 aromatic rings. The lowest BCUT2D eigenvalue weighted by atomic mass is 9.85. The highest BCUT2D eigenvalue weighted by molar-refractivity contribution is 5.27. The zero-order valence-corrected chi connectivity index (χ0v) is 10.1. The molecular formula is C13H18F3N. The summed E-state index contributed by atoms with van der Waals surface area (Å²) in [6.07, 6.45) is -3.47. The maximum atomic E-state index is 12.4. The zero-order valence-electron chi connectivity index (χ0n) is 10.1. The van der Waals surface area contributed by atoms with E-state index in [-0.39, 0.29) is 5.92 Å². The van der Waals surface area contributed by atoms with E-state index in [1.807, 2.05) is 0 Å². The largest absolute Gasteiger partial charge is 0.416 e. The van der Waals surface area contributed by atoms with E-state index in [1.165, 1.54) is 0 Å². The van der Waals surface area contributed by atoms with Crippen molar-refractivity contribution in [3.63, 3.8) is 0 Å². The van der Waals surface area contributed by atoms with Gasteiger partial charge in [0.1, 0.15) is 0 Å². The van der Waals surface area contributed by atoms with Crippen molar-refractivity contribution in [1.82, 2.24) is 0 Å². The molecule has 96 valence electrons. The molecule has 0 saturated carbocycles. The number of nitrogens with two attached hydrogens (primary N) is 1. The molecule has 0 aliphatic heterocycles. The van der Waals surface area contributed by atoms with Crippen molar-refractivity contribution in [1.29, 1.82) is 0 Å². The van der Waals surface area contributed by atoms with Crippen LogP contribution in [0.2, 0.25) is 0 Å². The maximum Gasteiger partial charge on any atom is 0.416 e. The summed E-state index contributed by atoms with van der Waals surface area (Å²) in [6.45, 7) is 4.65. The third kappa shape index (κ3) is 3.73. The third-order valence-electron chi connectivity index (χ3n) is 2.95. The summed E-state index contributed by atoms with van der Waals surface area (Å²) < 4.78 is 37.2. The van der Waals surface area contributed by atoms with Crippen molar-refractivity contribution in [3.8, 4) is 0 Å². The Kier molecular flexibility index (Phi) is 4.57. The maximum absolute atomic E-state index is 12.4.